The molecule has 7 heteroatoms. The molecule has 0 spiro atoms. The molecule has 0 unspecified atom stereocenters. The van der Waals surface area contributed by atoms with E-state index in [9.17, 15) is 9.59 Å². The number of amides is 2. The maximum atomic E-state index is 12.7. The summed E-state index contributed by atoms with van der Waals surface area (Å²) in [6.07, 6.45) is 1.81. The number of fused-ring (bicyclic) bond motifs is 1. The Balaban J connectivity index is 1.39. The van der Waals surface area contributed by atoms with Crippen molar-refractivity contribution >= 4 is 34.2 Å². The van der Waals surface area contributed by atoms with Gasteiger partial charge in [0.1, 0.15) is 12.4 Å². The first-order chi connectivity index (χ1) is 15.0. The molecule has 31 heavy (non-hydrogen) atoms. The number of rotatable bonds is 7. The summed E-state index contributed by atoms with van der Waals surface area (Å²) in [5.41, 5.74) is 3.98. The molecule has 2 aromatic carbocycles. The van der Waals surface area contributed by atoms with Gasteiger partial charge in [-0.3, -0.25) is 14.2 Å². The first kappa shape index (κ1) is 20.8. The zero-order valence-corrected chi connectivity index (χ0v) is 18.2. The van der Waals surface area contributed by atoms with Crippen LogP contribution in [-0.2, 0) is 11.3 Å². The molecular formula is C24H24N4O2S. The first-order valence-electron chi connectivity index (χ1n) is 10.2. The number of nitrogens with one attached hydrogen (secondary N) is 2. The molecule has 2 amide bonds. The fraction of sp³-hybridized carbons (Fsp3) is 0.208. The highest BCUT2D eigenvalue weighted by Gasteiger charge is 2.24. The van der Waals surface area contributed by atoms with E-state index < -0.39 is 6.04 Å². The zero-order chi connectivity index (χ0) is 21.8. The summed E-state index contributed by atoms with van der Waals surface area (Å²) in [5, 5.41) is 7.64. The Morgan fingerprint density at radius 1 is 1.03 bits per heavy atom. The van der Waals surface area contributed by atoms with Crippen molar-refractivity contribution < 1.29 is 9.59 Å². The minimum atomic E-state index is -0.591. The fourth-order valence-corrected chi connectivity index (χ4v) is 4.02. The van der Waals surface area contributed by atoms with Crippen molar-refractivity contribution in [3.05, 3.63) is 82.8 Å². The van der Waals surface area contributed by atoms with Crippen molar-refractivity contribution in [3.8, 4) is 5.69 Å². The van der Waals surface area contributed by atoms with Gasteiger partial charge in [-0.25, -0.2) is 4.98 Å². The number of carbonyl (C=O) groups is 2. The number of aromatic nitrogens is 2. The topological polar surface area (TPSA) is 76.0 Å². The van der Waals surface area contributed by atoms with Gasteiger partial charge in [-0.2, -0.15) is 0 Å². The smallest absolute Gasteiger partial charge is 0.262 e. The van der Waals surface area contributed by atoms with Gasteiger partial charge in [-0.1, -0.05) is 44.2 Å². The van der Waals surface area contributed by atoms with Crippen LogP contribution in [0.15, 0.2) is 72.4 Å². The largest absolute Gasteiger partial charge is 0.350 e. The van der Waals surface area contributed by atoms with Crippen molar-refractivity contribution in [1.29, 1.82) is 0 Å². The standard InChI is InChI=1S/C24H24N4O2S/c1-16(2)22(27-23(29)21-8-5-13-31-21)24(30)25-14-17-9-11-18(12-10-17)28-15-26-19-6-3-4-7-20(19)28/h3-13,15-16,22H,14H2,1-2H3,(H,25,30)(H,27,29)/t22-/m1/s1. The molecule has 4 aromatic rings. The normalized spacial score (nSPS) is 12.1. The van der Waals surface area contributed by atoms with Crippen molar-refractivity contribution in [1.82, 2.24) is 20.2 Å². The summed E-state index contributed by atoms with van der Waals surface area (Å²) in [6, 6.07) is 18.9. The molecule has 6 nitrogen and oxygen atoms in total. The van der Waals surface area contributed by atoms with E-state index in [1.807, 2.05) is 84.7 Å². The third kappa shape index (κ3) is 4.67. The summed E-state index contributed by atoms with van der Waals surface area (Å²) < 4.78 is 2.03. The maximum Gasteiger partial charge on any atom is 0.262 e. The Morgan fingerprint density at radius 2 is 1.81 bits per heavy atom. The molecule has 2 heterocycles. The van der Waals surface area contributed by atoms with Gasteiger partial charge in [0.05, 0.1) is 15.9 Å². The van der Waals surface area contributed by atoms with Gasteiger partial charge in [0.25, 0.3) is 5.91 Å². The maximum absolute atomic E-state index is 12.7. The molecule has 2 aromatic heterocycles. The minimum absolute atomic E-state index is 0.0270. The second kappa shape index (κ2) is 9.14. The lowest BCUT2D eigenvalue weighted by atomic mass is 10.0. The van der Waals surface area contributed by atoms with E-state index in [2.05, 4.69) is 15.6 Å². The third-order valence-corrected chi connectivity index (χ3v) is 5.98. The highest BCUT2D eigenvalue weighted by Crippen LogP contribution is 2.18. The number of para-hydroxylation sites is 2. The van der Waals surface area contributed by atoms with Crippen molar-refractivity contribution in [3.63, 3.8) is 0 Å². The fourth-order valence-electron chi connectivity index (χ4n) is 3.39. The summed E-state index contributed by atoms with van der Waals surface area (Å²) >= 11 is 1.36. The summed E-state index contributed by atoms with van der Waals surface area (Å²) in [6.45, 7) is 4.23. The van der Waals surface area contributed by atoms with Crippen LogP contribution in [0.25, 0.3) is 16.7 Å². The van der Waals surface area contributed by atoms with Gasteiger partial charge < -0.3 is 10.6 Å². The van der Waals surface area contributed by atoms with E-state index in [0.29, 0.717) is 11.4 Å². The van der Waals surface area contributed by atoms with Gasteiger partial charge in [-0.15, -0.1) is 11.3 Å². The van der Waals surface area contributed by atoms with Crippen LogP contribution in [0, 0.1) is 5.92 Å². The molecule has 0 bridgehead atoms. The second-order valence-corrected chi connectivity index (χ2v) is 8.61. The molecule has 0 aliphatic rings. The van der Waals surface area contributed by atoms with Crippen LogP contribution in [0.3, 0.4) is 0 Å². The molecule has 158 valence electrons. The van der Waals surface area contributed by atoms with Gasteiger partial charge in [0.15, 0.2) is 0 Å². The van der Waals surface area contributed by atoms with Crippen LogP contribution in [0.4, 0.5) is 0 Å². The lowest BCUT2D eigenvalue weighted by molar-refractivity contribution is -0.124. The Bertz CT molecular complexity index is 1180. The number of benzene rings is 2. The quantitative estimate of drug-likeness (QED) is 0.460. The average Bonchev–Trinajstić information content (AvgIpc) is 3.46. The van der Waals surface area contributed by atoms with Crippen LogP contribution >= 0.6 is 11.3 Å². The molecule has 0 saturated heterocycles. The molecular weight excluding hydrogens is 408 g/mol. The SMILES string of the molecule is CC(C)[C@@H](NC(=O)c1cccs1)C(=O)NCc1ccc(-n2cnc3ccccc32)cc1. The van der Waals surface area contributed by atoms with E-state index in [0.717, 1.165) is 22.3 Å². The number of carbonyl (C=O) groups excluding carboxylic acids is 2. The number of thiophene rings is 1. The van der Waals surface area contributed by atoms with Gasteiger partial charge in [-0.05, 0) is 47.2 Å². The Kier molecular flexibility index (Phi) is 6.13. The molecule has 0 aliphatic carbocycles. The summed E-state index contributed by atoms with van der Waals surface area (Å²) in [4.78, 5) is 30.1. The lowest BCUT2D eigenvalue weighted by Crippen LogP contribution is -2.49. The van der Waals surface area contributed by atoms with Crippen LogP contribution in [-0.4, -0.2) is 27.4 Å². The molecule has 1 atom stereocenters. The van der Waals surface area contributed by atoms with E-state index in [-0.39, 0.29) is 17.7 Å². The van der Waals surface area contributed by atoms with Gasteiger partial charge >= 0.3 is 0 Å². The van der Waals surface area contributed by atoms with E-state index >= 15 is 0 Å². The van der Waals surface area contributed by atoms with E-state index in [4.69, 9.17) is 0 Å². The van der Waals surface area contributed by atoms with Crippen LogP contribution in [0.2, 0.25) is 0 Å². The predicted molar refractivity (Wildman–Crippen MR) is 123 cm³/mol. The minimum Gasteiger partial charge on any atom is -0.350 e. The van der Waals surface area contributed by atoms with E-state index in [1.165, 1.54) is 11.3 Å². The predicted octanol–water partition coefficient (Wildman–Crippen LogP) is 4.16. The zero-order valence-electron chi connectivity index (χ0n) is 17.4. The lowest BCUT2D eigenvalue weighted by Gasteiger charge is -2.21. The molecule has 0 saturated carbocycles. The Labute approximate surface area is 184 Å². The molecule has 2 N–H and O–H groups in total. The molecule has 4 rings (SSSR count). The van der Waals surface area contributed by atoms with Gasteiger partial charge in [0, 0.05) is 12.2 Å². The monoisotopic (exact) mass is 432 g/mol. The van der Waals surface area contributed by atoms with Crippen molar-refractivity contribution in [2.24, 2.45) is 5.92 Å². The second-order valence-electron chi connectivity index (χ2n) is 7.66. The Hall–Kier alpha value is -3.45. The number of nitrogens with zero attached hydrogens (tertiary/aromatic N) is 2. The number of hydrogen-bond donors (Lipinski definition) is 2. The van der Waals surface area contributed by atoms with E-state index in [1.54, 1.807) is 6.07 Å². The molecule has 0 fully saturated rings. The summed E-state index contributed by atoms with van der Waals surface area (Å²) in [7, 11) is 0. The van der Waals surface area contributed by atoms with Crippen LogP contribution < -0.4 is 10.6 Å². The van der Waals surface area contributed by atoms with Crippen molar-refractivity contribution in [2.75, 3.05) is 0 Å². The third-order valence-electron chi connectivity index (χ3n) is 5.12. The molecule has 0 radical (unpaired) electrons. The highest BCUT2D eigenvalue weighted by atomic mass is 32.1. The first-order valence-corrected chi connectivity index (χ1v) is 11.0. The number of hydrogen-bond acceptors (Lipinski definition) is 4. The molecule has 0 aliphatic heterocycles. The van der Waals surface area contributed by atoms with Gasteiger partial charge in [0.2, 0.25) is 5.91 Å². The van der Waals surface area contributed by atoms with Crippen molar-refractivity contribution in [2.45, 2.75) is 26.4 Å². The average molecular weight is 433 g/mol. The highest BCUT2D eigenvalue weighted by molar-refractivity contribution is 7.12. The number of imidazole rings is 1. The Morgan fingerprint density at radius 3 is 2.52 bits per heavy atom. The van der Waals surface area contributed by atoms with Crippen LogP contribution in [0.1, 0.15) is 29.1 Å². The van der Waals surface area contributed by atoms with Crippen LogP contribution in [0.5, 0.6) is 0 Å². The summed E-state index contributed by atoms with van der Waals surface area (Å²) in [5.74, 6) is -0.439.